The van der Waals surface area contributed by atoms with Gasteiger partial charge in [0.25, 0.3) is 0 Å². The molecule has 0 radical (unpaired) electrons. The van der Waals surface area contributed by atoms with Gasteiger partial charge in [0.1, 0.15) is 5.60 Å². The zero-order chi connectivity index (χ0) is 33.3. The third-order valence-corrected chi connectivity index (χ3v) is 8.30. The first-order valence-corrected chi connectivity index (χ1v) is 16.2. The summed E-state index contributed by atoms with van der Waals surface area (Å²) in [6.07, 6.45) is 9.85. The van der Waals surface area contributed by atoms with Crippen LogP contribution < -0.4 is 21.1 Å². The van der Waals surface area contributed by atoms with Crippen molar-refractivity contribution in [3.63, 3.8) is 0 Å². The molecule has 0 saturated heterocycles. The molecule has 3 rings (SSSR count). The molecular weight excluding hydrogens is 560 g/mol. The number of para-hydroxylation sites is 2. The lowest BCUT2D eigenvalue weighted by molar-refractivity contribution is -0.122. The second-order valence-corrected chi connectivity index (χ2v) is 13.8. The predicted octanol–water partition coefficient (Wildman–Crippen LogP) is 8.70. The number of hydrazine groups is 1. The number of rotatable bonds is 13. The molecule has 1 aliphatic rings. The van der Waals surface area contributed by atoms with Gasteiger partial charge in [0, 0.05) is 47.4 Å². The maximum atomic E-state index is 12.0. The fraction of sp³-hybridized carbons (Fsp3) is 0.474. The first kappa shape index (κ1) is 35.5. The summed E-state index contributed by atoms with van der Waals surface area (Å²) in [5.41, 5.74) is 11.0. The van der Waals surface area contributed by atoms with Crippen LogP contribution in [-0.2, 0) is 20.4 Å². The van der Waals surface area contributed by atoms with Crippen molar-refractivity contribution in [2.24, 2.45) is 0 Å². The molecule has 45 heavy (non-hydrogen) atoms. The monoisotopic (exact) mass is 614 g/mol. The second kappa shape index (κ2) is 15.3. The Kier molecular flexibility index (Phi) is 12.1. The quantitative estimate of drug-likeness (QED) is 0.119. The minimum absolute atomic E-state index is 0.0652. The van der Waals surface area contributed by atoms with Crippen LogP contribution in [0.3, 0.4) is 0 Å². The Balaban J connectivity index is 1.55. The zero-order valence-electron chi connectivity index (χ0n) is 28.7. The van der Waals surface area contributed by atoms with Crippen molar-refractivity contribution in [2.75, 3.05) is 23.3 Å². The van der Waals surface area contributed by atoms with Crippen molar-refractivity contribution in [3.05, 3.63) is 95.7 Å². The molecule has 0 bridgehead atoms. The molecule has 0 spiro atoms. The molecule has 2 aromatic rings. The highest BCUT2D eigenvalue weighted by molar-refractivity contribution is 5.79. The van der Waals surface area contributed by atoms with E-state index in [1.165, 1.54) is 22.5 Å². The summed E-state index contributed by atoms with van der Waals surface area (Å²) in [7, 11) is 0. The molecule has 1 aliphatic heterocycles. The van der Waals surface area contributed by atoms with E-state index in [9.17, 15) is 9.59 Å². The summed E-state index contributed by atoms with van der Waals surface area (Å²) in [6.45, 7) is 22.9. The molecule has 244 valence electrons. The predicted molar refractivity (Wildman–Crippen MR) is 187 cm³/mol. The number of unbranched alkanes of at least 4 members (excludes halogenated alkanes) is 2. The maximum absolute atomic E-state index is 12.0. The smallest absolute Gasteiger partial charge is 0.426 e. The van der Waals surface area contributed by atoms with E-state index in [-0.39, 0.29) is 16.7 Å². The standard InChI is InChI=1S/C38H54N4O3/c1-10-27-42-32-23-16-14-21-30(32)38(8,9)33(42)24-18-19-28(2)37(6,7)29-20-13-15-22-31(29)39-26-17-11-12-25-34(43)40-41-35(44)45-36(3,4)5/h13-16,18-24,39H,2,10-12,17,25-27H2,1,3-9H3,(H,40,43)(H,41,44). The summed E-state index contributed by atoms with van der Waals surface area (Å²) in [4.78, 5) is 26.2. The van der Waals surface area contributed by atoms with E-state index in [2.05, 4.69) is 129 Å². The molecule has 0 unspecified atom stereocenters. The number of amides is 2. The van der Waals surface area contributed by atoms with E-state index in [0.29, 0.717) is 6.42 Å². The van der Waals surface area contributed by atoms with E-state index >= 15 is 0 Å². The molecule has 0 saturated carbocycles. The Morgan fingerprint density at radius 3 is 2.36 bits per heavy atom. The van der Waals surface area contributed by atoms with Crippen LogP contribution in [-0.4, -0.2) is 30.7 Å². The van der Waals surface area contributed by atoms with Gasteiger partial charge >= 0.3 is 6.09 Å². The first-order chi connectivity index (χ1) is 21.2. The molecule has 0 atom stereocenters. The van der Waals surface area contributed by atoms with Crippen LogP contribution >= 0.6 is 0 Å². The number of hydrogen-bond donors (Lipinski definition) is 3. The summed E-state index contributed by atoms with van der Waals surface area (Å²) in [5.74, 6) is -0.234. The Morgan fingerprint density at radius 2 is 1.64 bits per heavy atom. The van der Waals surface area contributed by atoms with Crippen molar-refractivity contribution in [1.82, 2.24) is 10.9 Å². The molecule has 7 heteroatoms. The highest BCUT2D eigenvalue weighted by Crippen LogP contribution is 2.47. The SMILES string of the molecule is C=C(C=CC=C1N(CCC)c2ccccc2C1(C)C)C(C)(C)c1ccccc1NCCCCCC(=O)NNC(=O)OC(C)(C)C. The number of ether oxygens (including phenoxy) is 1. The molecule has 1 heterocycles. The van der Waals surface area contributed by atoms with Crippen LogP contribution in [0.1, 0.15) is 98.6 Å². The van der Waals surface area contributed by atoms with Crippen LogP contribution in [0.2, 0.25) is 0 Å². The van der Waals surface area contributed by atoms with Gasteiger partial charge in [0.05, 0.1) is 0 Å². The van der Waals surface area contributed by atoms with Crippen LogP contribution in [0.5, 0.6) is 0 Å². The summed E-state index contributed by atoms with van der Waals surface area (Å²) >= 11 is 0. The summed E-state index contributed by atoms with van der Waals surface area (Å²) < 4.78 is 5.12. The second-order valence-electron chi connectivity index (χ2n) is 13.8. The highest BCUT2D eigenvalue weighted by atomic mass is 16.6. The van der Waals surface area contributed by atoms with Gasteiger partial charge in [-0.2, -0.15) is 0 Å². The number of allylic oxidation sites excluding steroid dienone is 5. The summed E-state index contributed by atoms with van der Waals surface area (Å²) in [6, 6.07) is 17.1. The molecule has 3 N–H and O–H groups in total. The normalized spacial score (nSPS) is 15.2. The van der Waals surface area contributed by atoms with Gasteiger partial charge in [-0.15, -0.1) is 0 Å². The third-order valence-electron chi connectivity index (χ3n) is 8.30. The number of benzene rings is 2. The first-order valence-electron chi connectivity index (χ1n) is 16.2. The van der Waals surface area contributed by atoms with E-state index in [1.807, 2.05) is 0 Å². The average molecular weight is 615 g/mol. The van der Waals surface area contributed by atoms with Crippen molar-refractivity contribution in [1.29, 1.82) is 0 Å². The summed E-state index contributed by atoms with van der Waals surface area (Å²) in [5, 5.41) is 3.61. The number of fused-ring (bicyclic) bond motifs is 1. The number of carbonyl (C=O) groups is 2. The van der Waals surface area contributed by atoms with Crippen LogP contribution in [0.25, 0.3) is 0 Å². The fourth-order valence-electron chi connectivity index (χ4n) is 5.72. The van der Waals surface area contributed by atoms with Gasteiger partial charge in [-0.25, -0.2) is 10.2 Å². The van der Waals surface area contributed by atoms with Crippen LogP contribution in [0.4, 0.5) is 16.2 Å². The maximum Gasteiger partial charge on any atom is 0.426 e. The van der Waals surface area contributed by atoms with Crippen molar-refractivity contribution in [2.45, 2.75) is 104 Å². The van der Waals surface area contributed by atoms with Gasteiger partial charge in [-0.1, -0.05) is 96.2 Å². The number of anilines is 2. The van der Waals surface area contributed by atoms with Crippen LogP contribution in [0, 0.1) is 0 Å². The number of carbonyl (C=O) groups excluding carboxylic acids is 2. The van der Waals surface area contributed by atoms with Crippen molar-refractivity contribution >= 4 is 23.4 Å². The van der Waals surface area contributed by atoms with E-state index < -0.39 is 11.7 Å². The Bertz CT molecular complexity index is 1400. The highest BCUT2D eigenvalue weighted by Gasteiger charge is 2.39. The van der Waals surface area contributed by atoms with Crippen molar-refractivity contribution in [3.8, 4) is 0 Å². The molecule has 7 nitrogen and oxygen atoms in total. The van der Waals surface area contributed by atoms with Gasteiger partial charge < -0.3 is 15.0 Å². The molecule has 0 aliphatic carbocycles. The number of nitrogens with one attached hydrogen (secondary N) is 3. The Labute approximate surface area is 271 Å². The van der Waals surface area contributed by atoms with E-state index in [1.54, 1.807) is 20.8 Å². The van der Waals surface area contributed by atoms with Gasteiger partial charge in [-0.05, 0) is 74.9 Å². The molecular formula is C38H54N4O3. The lowest BCUT2D eigenvalue weighted by Gasteiger charge is -2.29. The van der Waals surface area contributed by atoms with E-state index in [0.717, 1.165) is 50.0 Å². The Morgan fingerprint density at radius 1 is 0.956 bits per heavy atom. The molecule has 2 amide bonds. The van der Waals surface area contributed by atoms with E-state index in [4.69, 9.17) is 4.74 Å². The van der Waals surface area contributed by atoms with Gasteiger partial charge in [0.2, 0.25) is 5.91 Å². The average Bonchev–Trinajstić information content (AvgIpc) is 3.18. The lowest BCUT2D eigenvalue weighted by atomic mass is 9.77. The molecule has 0 aromatic heterocycles. The lowest BCUT2D eigenvalue weighted by Crippen LogP contribution is -2.44. The van der Waals surface area contributed by atoms with Crippen molar-refractivity contribution < 1.29 is 14.3 Å². The number of hydrogen-bond acceptors (Lipinski definition) is 5. The third kappa shape index (κ3) is 9.49. The minimum Gasteiger partial charge on any atom is -0.443 e. The largest absolute Gasteiger partial charge is 0.443 e. The van der Waals surface area contributed by atoms with Gasteiger partial charge in [-0.3, -0.25) is 10.2 Å². The Hall–Kier alpha value is -4.00. The molecule has 0 fully saturated rings. The fourth-order valence-corrected chi connectivity index (χ4v) is 5.72. The van der Waals surface area contributed by atoms with Gasteiger partial charge in [0.15, 0.2) is 0 Å². The minimum atomic E-state index is -0.667. The zero-order valence-corrected chi connectivity index (χ0v) is 28.7. The van der Waals surface area contributed by atoms with Crippen LogP contribution in [0.15, 0.2) is 84.6 Å². The number of nitrogens with zero attached hydrogens (tertiary/aromatic N) is 1. The topological polar surface area (TPSA) is 82.7 Å². The molecule has 2 aromatic carbocycles.